The molecule has 156 valence electrons. The molecule has 1 atom stereocenters. The Kier molecular flexibility index (Phi) is 5.65. The highest BCUT2D eigenvalue weighted by Crippen LogP contribution is 2.35. The van der Waals surface area contributed by atoms with Gasteiger partial charge in [-0.1, -0.05) is 6.07 Å². The maximum absolute atomic E-state index is 12.7. The van der Waals surface area contributed by atoms with Gasteiger partial charge in [-0.15, -0.1) is 0 Å². The number of rotatable bonds is 4. The fraction of sp³-hybridized carbons (Fsp3) is 0.476. The number of aliphatic imine (C=N–C) groups is 1. The number of carbonyl (C=O) groups is 3. The van der Waals surface area contributed by atoms with Gasteiger partial charge in [-0.2, -0.15) is 5.26 Å². The van der Waals surface area contributed by atoms with Crippen molar-refractivity contribution in [2.45, 2.75) is 44.1 Å². The first-order valence-electron chi connectivity index (χ1n) is 10.3. The standard InChI is InChI=1S/C21H24N6O3/c22-11-15-12-23-20(24-15)21(30)25-16-5-4-13(14-9-18(28)26-19(29)10-14)8-17(16)27-6-2-1-3-7-27/h4-5,8,14-15H,1-3,6-7,9-10,12H2,(H,23,24)(H,25,30)(H,26,28,29). The number of carbonyl (C=O) groups excluding carboxylic acids is 3. The molecule has 3 N–H and O–H groups in total. The number of amidine groups is 1. The number of piperidine rings is 2. The van der Waals surface area contributed by atoms with Crippen molar-refractivity contribution in [2.75, 3.05) is 29.9 Å². The summed E-state index contributed by atoms with van der Waals surface area (Å²) < 4.78 is 0. The van der Waals surface area contributed by atoms with Gasteiger partial charge in [-0.25, -0.2) is 4.99 Å². The normalized spacial score (nSPS) is 22.0. The van der Waals surface area contributed by atoms with Gasteiger partial charge in [0, 0.05) is 31.8 Å². The molecule has 0 aliphatic carbocycles. The maximum atomic E-state index is 12.7. The van der Waals surface area contributed by atoms with Crippen LogP contribution in [0.4, 0.5) is 11.4 Å². The van der Waals surface area contributed by atoms with E-state index in [1.54, 1.807) is 0 Å². The number of benzene rings is 1. The molecule has 9 heteroatoms. The van der Waals surface area contributed by atoms with Crippen molar-refractivity contribution in [1.29, 1.82) is 5.26 Å². The highest BCUT2D eigenvalue weighted by atomic mass is 16.2. The van der Waals surface area contributed by atoms with E-state index < -0.39 is 6.04 Å². The van der Waals surface area contributed by atoms with E-state index in [4.69, 9.17) is 5.26 Å². The van der Waals surface area contributed by atoms with E-state index in [0.717, 1.165) is 37.2 Å². The van der Waals surface area contributed by atoms with Crippen LogP contribution in [0.5, 0.6) is 0 Å². The number of amides is 3. The predicted octanol–water partition coefficient (Wildman–Crippen LogP) is 1.03. The largest absolute Gasteiger partial charge is 0.370 e. The van der Waals surface area contributed by atoms with E-state index in [2.05, 4.69) is 25.8 Å². The van der Waals surface area contributed by atoms with Crippen LogP contribution in [0.2, 0.25) is 0 Å². The van der Waals surface area contributed by atoms with Crippen molar-refractivity contribution in [3.63, 3.8) is 0 Å². The fourth-order valence-corrected chi connectivity index (χ4v) is 4.15. The SMILES string of the molecule is N#CC1CNC(C(=O)Nc2ccc(C3CC(=O)NC(=O)C3)cc2N2CCCCC2)=N1. The van der Waals surface area contributed by atoms with Crippen molar-refractivity contribution in [2.24, 2.45) is 4.99 Å². The second-order valence-electron chi connectivity index (χ2n) is 7.86. The molecule has 30 heavy (non-hydrogen) atoms. The summed E-state index contributed by atoms with van der Waals surface area (Å²) in [6.45, 7) is 2.09. The molecule has 0 saturated carbocycles. The number of hydrogen-bond donors (Lipinski definition) is 3. The van der Waals surface area contributed by atoms with Crippen molar-refractivity contribution in [1.82, 2.24) is 10.6 Å². The van der Waals surface area contributed by atoms with E-state index in [9.17, 15) is 14.4 Å². The van der Waals surface area contributed by atoms with Crippen LogP contribution in [0.25, 0.3) is 0 Å². The molecule has 0 bridgehead atoms. The Balaban J connectivity index is 1.61. The molecule has 1 aromatic rings. The summed E-state index contributed by atoms with van der Waals surface area (Å²) in [5, 5.41) is 17.1. The molecule has 2 saturated heterocycles. The molecule has 1 unspecified atom stereocenters. The molecule has 3 amide bonds. The third-order valence-electron chi connectivity index (χ3n) is 5.69. The summed E-state index contributed by atoms with van der Waals surface area (Å²) in [5.41, 5.74) is 2.45. The van der Waals surface area contributed by atoms with Gasteiger partial charge in [-0.05, 0) is 37.0 Å². The van der Waals surface area contributed by atoms with Gasteiger partial charge in [0.15, 0.2) is 11.9 Å². The Morgan fingerprint density at radius 1 is 1.17 bits per heavy atom. The van der Waals surface area contributed by atoms with Crippen LogP contribution in [-0.2, 0) is 14.4 Å². The highest BCUT2D eigenvalue weighted by molar-refractivity contribution is 6.42. The smallest absolute Gasteiger partial charge is 0.290 e. The van der Waals surface area contributed by atoms with E-state index >= 15 is 0 Å². The molecule has 4 rings (SSSR count). The molecule has 3 aliphatic rings. The van der Waals surface area contributed by atoms with Gasteiger partial charge in [0.25, 0.3) is 5.91 Å². The average molecular weight is 408 g/mol. The lowest BCUT2D eigenvalue weighted by molar-refractivity contribution is -0.133. The summed E-state index contributed by atoms with van der Waals surface area (Å²) in [5.74, 6) is -0.913. The minimum Gasteiger partial charge on any atom is -0.370 e. The summed E-state index contributed by atoms with van der Waals surface area (Å²) in [6.07, 6.45) is 3.85. The lowest BCUT2D eigenvalue weighted by Crippen LogP contribution is -2.38. The van der Waals surface area contributed by atoms with Crippen LogP contribution in [0.1, 0.15) is 43.6 Å². The lowest BCUT2D eigenvalue weighted by Gasteiger charge is -2.32. The molecule has 9 nitrogen and oxygen atoms in total. The fourth-order valence-electron chi connectivity index (χ4n) is 4.15. The molecule has 3 aliphatic heterocycles. The Hall–Kier alpha value is -3.41. The Bertz CT molecular complexity index is 929. The first-order valence-corrected chi connectivity index (χ1v) is 10.3. The maximum Gasteiger partial charge on any atom is 0.290 e. The van der Waals surface area contributed by atoms with Crippen molar-refractivity contribution < 1.29 is 14.4 Å². The van der Waals surface area contributed by atoms with Gasteiger partial charge >= 0.3 is 0 Å². The Morgan fingerprint density at radius 3 is 2.57 bits per heavy atom. The third-order valence-corrected chi connectivity index (χ3v) is 5.69. The zero-order valence-electron chi connectivity index (χ0n) is 16.6. The number of nitriles is 1. The Labute approximate surface area is 174 Å². The van der Waals surface area contributed by atoms with Crippen molar-refractivity contribution in [3.05, 3.63) is 23.8 Å². The van der Waals surface area contributed by atoms with Crippen molar-refractivity contribution >= 4 is 34.9 Å². The molecule has 1 aromatic carbocycles. The topological polar surface area (TPSA) is 127 Å². The van der Waals surface area contributed by atoms with Crippen LogP contribution in [0.15, 0.2) is 23.2 Å². The highest BCUT2D eigenvalue weighted by Gasteiger charge is 2.28. The van der Waals surface area contributed by atoms with Gasteiger partial charge in [0.05, 0.1) is 24.0 Å². The molecular formula is C21H24N6O3. The summed E-state index contributed by atoms with van der Waals surface area (Å²) >= 11 is 0. The predicted molar refractivity (Wildman–Crippen MR) is 111 cm³/mol. The third kappa shape index (κ3) is 4.27. The minimum absolute atomic E-state index is 0.157. The van der Waals surface area contributed by atoms with Crippen LogP contribution in [-0.4, -0.2) is 49.2 Å². The summed E-state index contributed by atoms with van der Waals surface area (Å²) in [4.78, 5) is 42.6. The number of hydrogen-bond acceptors (Lipinski definition) is 7. The van der Waals surface area contributed by atoms with Gasteiger partial charge < -0.3 is 15.5 Å². The molecular weight excluding hydrogens is 384 g/mol. The van der Waals surface area contributed by atoms with E-state index in [-0.39, 0.29) is 42.3 Å². The average Bonchev–Trinajstić information content (AvgIpc) is 3.23. The molecule has 0 spiro atoms. The first-order chi connectivity index (χ1) is 14.5. The van der Waals surface area contributed by atoms with E-state index in [1.807, 2.05) is 24.3 Å². The zero-order chi connectivity index (χ0) is 21.1. The van der Waals surface area contributed by atoms with Gasteiger partial charge in [0.1, 0.15) is 0 Å². The molecule has 3 heterocycles. The second kappa shape index (κ2) is 8.53. The van der Waals surface area contributed by atoms with Crippen molar-refractivity contribution in [3.8, 4) is 6.07 Å². The quantitative estimate of drug-likeness (QED) is 0.639. The number of nitrogens with one attached hydrogen (secondary N) is 3. The van der Waals surface area contributed by atoms with Crippen LogP contribution < -0.4 is 20.9 Å². The number of nitrogens with zero attached hydrogens (tertiary/aromatic N) is 3. The minimum atomic E-state index is -0.551. The van der Waals surface area contributed by atoms with Gasteiger partial charge in [-0.3, -0.25) is 19.7 Å². The van der Waals surface area contributed by atoms with Gasteiger partial charge in [0.2, 0.25) is 11.8 Å². The van der Waals surface area contributed by atoms with Crippen LogP contribution >= 0.6 is 0 Å². The number of imide groups is 1. The van der Waals surface area contributed by atoms with E-state index in [1.165, 1.54) is 6.42 Å². The molecule has 0 radical (unpaired) electrons. The second-order valence-corrected chi connectivity index (χ2v) is 7.86. The molecule has 2 fully saturated rings. The number of anilines is 2. The first kappa shape index (κ1) is 19.9. The molecule has 0 aromatic heterocycles. The van der Waals surface area contributed by atoms with E-state index in [0.29, 0.717) is 12.2 Å². The summed E-state index contributed by atoms with van der Waals surface area (Å²) in [6, 6.07) is 7.15. The monoisotopic (exact) mass is 408 g/mol. The van der Waals surface area contributed by atoms with Crippen LogP contribution in [0, 0.1) is 11.3 Å². The Morgan fingerprint density at radius 2 is 1.90 bits per heavy atom. The summed E-state index contributed by atoms with van der Waals surface area (Å²) in [7, 11) is 0. The lowest BCUT2D eigenvalue weighted by atomic mass is 9.88. The zero-order valence-corrected chi connectivity index (χ0v) is 16.6. The van der Waals surface area contributed by atoms with Crippen LogP contribution in [0.3, 0.4) is 0 Å².